The summed E-state index contributed by atoms with van der Waals surface area (Å²) in [5, 5.41) is 3.01. The lowest BCUT2D eigenvalue weighted by atomic mass is 9.72. The van der Waals surface area contributed by atoms with Crippen LogP contribution in [-0.2, 0) is 11.2 Å². The van der Waals surface area contributed by atoms with Gasteiger partial charge in [0.05, 0.1) is 5.41 Å². The van der Waals surface area contributed by atoms with Gasteiger partial charge < -0.3 is 10.2 Å². The molecule has 1 saturated heterocycles. The van der Waals surface area contributed by atoms with Crippen LogP contribution in [0, 0.1) is 5.41 Å². The first-order valence-electron chi connectivity index (χ1n) is 11.4. The molecule has 33 heavy (non-hydrogen) atoms. The topological polar surface area (TPSA) is 62.3 Å². The van der Waals surface area contributed by atoms with Gasteiger partial charge in [-0.05, 0) is 48.1 Å². The highest BCUT2D eigenvalue weighted by atomic mass is 16.2. The Labute approximate surface area is 195 Å². The van der Waals surface area contributed by atoms with Gasteiger partial charge >= 0.3 is 0 Å². The monoisotopic (exact) mass is 439 g/mol. The van der Waals surface area contributed by atoms with Crippen molar-refractivity contribution in [3.8, 4) is 11.1 Å². The first-order chi connectivity index (χ1) is 16.1. The van der Waals surface area contributed by atoms with Crippen LogP contribution in [0.1, 0.15) is 28.9 Å². The summed E-state index contributed by atoms with van der Waals surface area (Å²) in [7, 11) is 0. The molecular formula is C28H29N3O2. The zero-order chi connectivity index (χ0) is 23.1. The van der Waals surface area contributed by atoms with Crippen LogP contribution in [0.4, 0.5) is 0 Å². The Morgan fingerprint density at radius 3 is 2.39 bits per heavy atom. The van der Waals surface area contributed by atoms with Crippen molar-refractivity contribution < 1.29 is 9.59 Å². The van der Waals surface area contributed by atoms with Gasteiger partial charge in [0, 0.05) is 25.8 Å². The number of rotatable bonds is 7. The predicted octanol–water partition coefficient (Wildman–Crippen LogP) is 4.52. The largest absolute Gasteiger partial charge is 0.352 e. The van der Waals surface area contributed by atoms with E-state index in [4.69, 9.17) is 0 Å². The number of pyridine rings is 1. The van der Waals surface area contributed by atoms with Crippen LogP contribution in [0.3, 0.4) is 0 Å². The lowest BCUT2D eigenvalue weighted by Gasteiger charge is -2.40. The van der Waals surface area contributed by atoms with Crippen LogP contribution in [-0.4, -0.2) is 41.3 Å². The first kappa shape index (κ1) is 22.5. The number of hydrogen-bond donors (Lipinski definition) is 1. The number of benzene rings is 2. The Hall–Kier alpha value is -3.73. The van der Waals surface area contributed by atoms with Crippen molar-refractivity contribution in [1.29, 1.82) is 0 Å². The van der Waals surface area contributed by atoms with Crippen LogP contribution < -0.4 is 5.32 Å². The second-order valence-electron chi connectivity index (χ2n) is 8.53. The van der Waals surface area contributed by atoms with Gasteiger partial charge in [-0.2, -0.15) is 0 Å². The van der Waals surface area contributed by atoms with E-state index in [9.17, 15) is 9.59 Å². The zero-order valence-corrected chi connectivity index (χ0v) is 18.7. The molecule has 0 unspecified atom stereocenters. The number of amides is 2. The molecular weight excluding hydrogens is 410 g/mol. The summed E-state index contributed by atoms with van der Waals surface area (Å²) in [4.78, 5) is 32.2. The minimum Gasteiger partial charge on any atom is -0.352 e. The van der Waals surface area contributed by atoms with Gasteiger partial charge in [-0.3, -0.25) is 14.6 Å². The lowest BCUT2D eigenvalue weighted by molar-refractivity contribution is -0.133. The molecule has 0 bridgehead atoms. The molecule has 0 saturated carbocycles. The number of nitrogens with zero attached hydrogens (tertiary/aromatic N) is 2. The minimum absolute atomic E-state index is 0.0254. The third kappa shape index (κ3) is 5.20. The predicted molar refractivity (Wildman–Crippen MR) is 131 cm³/mol. The minimum atomic E-state index is -0.570. The molecule has 3 aromatic rings. The molecule has 5 heteroatoms. The molecule has 0 radical (unpaired) electrons. The zero-order valence-electron chi connectivity index (χ0n) is 18.7. The van der Waals surface area contributed by atoms with Crippen LogP contribution in [0.25, 0.3) is 11.1 Å². The van der Waals surface area contributed by atoms with Crippen molar-refractivity contribution in [2.75, 3.05) is 19.6 Å². The number of aromatic nitrogens is 1. The number of carbonyl (C=O) groups is 2. The maximum absolute atomic E-state index is 13.3. The quantitative estimate of drug-likeness (QED) is 0.551. The van der Waals surface area contributed by atoms with E-state index in [1.54, 1.807) is 24.4 Å². The van der Waals surface area contributed by atoms with Crippen molar-refractivity contribution >= 4 is 11.8 Å². The Balaban J connectivity index is 1.54. The molecule has 0 spiro atoms. The fourth-order valence-corrected chi connectivity index (χ4v) is 4.51. The number of nitrogens with one attached hydrogen (secondary N) is 1. The summed E-state index contributed by atoms with van der Waals surface area (Å²) in [5.41, 5.74) is 3.28. The molecule has 1 aliphatic rings. The van der Waals surface area contributed by atoms with Crippen molar-refractivity contribution in [3.63, 3.8) is 0 Å². The van der Waals surface area contributed by atoms with E-state index < -0.39 is 5.41 Å². The summed E-state index contributed by atoms with van der Waals surface area (Å²) < 4.78 is 0. The fraction of sp³-hybridized carbons (Fsp3) is 0.250. The van der Waals surface area contributed by atoms with E-state index in [1.807, 2.05) is 35.2 Å². The van der Waals surface area contributed by atoms with Crippen molar-refractivity contribution in [3.05, 3.63) is 103 Å². The van der Waals surface area contributed by atoms with Crippen LogP contribution in [0.5, 0.6) is 0 Å². The molecule has 1 fully saturated rings. The molecule has 1 N–H and O–H groups in total. The van der Waals surface area contributed by atoms with Gasteiger partial charge in [0.25, 0.3) is 5.91 Å². The summed E-state index contributed by atoms with van der Waals surface area (Å²) >= 11 is 0. The summed E-state index contributed by atoms with van der Waals surface area (Å²) in [6, 6.07) is 24.0. The standard InChI is InChI=1S/C28H29N3O2/c1-2-16-30-27(33)28(14-18-31(19-15-28)26(32)25-13-6-7-17-29-25)21-22-9-8-12-24(20-22)23-10-4-3-5-11-23/h2-13,17,20H,1,14-16,18-19,21H2,(H,30,33). The van der Waals surface area contributed by atoms with Gasteiger partial charge in [0.1, 0.15) is 5.69 Å². The summed E-state index contributed by atoms with van der Waals surface area (Å²) in [6.07, 6.45) is 5.15. The van der Waals surface area contributed by atoms with Gasteiger partial charge in [-0.1, -0.05) is 66.7 Å². The Morgan fingerprint density at radius 1 is 0.970 bits per heavy atom. The highest BCUT2D eigenvalue weighted by Crippen LogP contribution is 2.37. The van der Waals surface area contributed by atoms with E-state index in [2.05, 4.69) is 47.2 Å². The van der Waals surface area contributed by atoms with Crippen LogP contribution in [0.2, 0.25) is 0 Å². The Bertz CT molecular complexity index is 1100. The molecule has 4 rings (SSSR count). The molecule has 2 heterocycles. The number of hydrogen-bond acceptors (Lipinski definition) is 3. The van der Waals surface area contributed by atoms with Crippen molar-refractivity contribution in [2.24, 2.45) is 5.41 Å². The molecule has 0 aliphatic carbocycles. The summed E-state index contributed by atoms with van der Waals surface area (Å²) in [5.74, 6) is -0.0563. The van der Waals surface area contributed by atoms with E-state index in [0.717, 1.165) is 16.7 Å². The summed E-state index contributed by atoms with van der Waals surface area (Å²) in [6.45, 7) is 5.20. The van der Waals surface area contributed by atoms with Crippen molar-refractivity contribution in [2.45, 2.75) is 19.3 Å². The smallest absolute Gasteiger partial charge is 0.272 e. The van der Waals surface area contributed by atoms with E-state index in [-0.39, 0.29) is 11.8 Å². The van der Waals surface area contributed by atoms with Gasteiger partial charge in [0.2, 0.25) is 5.91 Å². The Morgan fingerprint density at radius 2 is 1.70 bits per heavy atom. The molecule has 2 amide bonds. The van der Waals surface area contributed by atoms with E-state index >= 15 is 0 Å². The van der Waals surface area contributed by atoms with Crippen LogP contribution in [0.15, 0.2) is 91.6 Å². The molecule has 2 aromatic carbocycles. The molecule has 1 aromatic heterocycles. The first-order valence-corrected chi connectivity index (χ1v) is 11.4. The SMILES string of the molecule is C=CCNC(=O)C1(Cc2cccc(-c3ccccc3)c2)CCN(C(=O)c2ccccn2)CC1. The molecule has 0 atom stereocenters. The van der Waals surface area contributed by atoms with Gasteiger partial charge in [0.15, 0.2) is 0 Å². The van der Waals surface area contributed by atoms with E-state index in [1.165, 1.54) is 0 Å². The maximum atomic E-state index is 13.3. The number of piperidine rings is 1. The average Bonchev–Trinajstić information content (AvgIpc) is 2.88. The molecule has 168 valence electrons. The second-order valence-corrected chi connectivity index (χ2v) is 8.53. The van der Waals surface area contributed by atoms with Crippen LogP contribution >= 0.6 is 0 Å². The third-order valence-corrected chi connectivity index (χ3v) is 6.36. The van der Waals surface area contributed by atoms with Crippen molar-refractivity contribution in [1.82, 2.24) is 15.2 Å². The number of likely N-dealkylation sites (tertiary alicyclic amines) is 1. The third-order valence-electron chi connectivity index (χ3n) is 6.36. The molecule has 1 aliphatic heterocycles. The molecule has 5 nitrogen and oxygen atoms in total. The lowest BCUT2D eigenvalue weighted by Crippen LogP contribution is -2.51. The fourth-order valence-electron chi connectivity index (χ4n) is 4.51. The average molecular weight is 440 g/mol. The second kappa shape index (κ2) is 10.3. The Kier molecular flexibility index (Phi) is 6.98. The normalized spacial score (nSPS) is 15.0. The van der Waals surface area contributed by atoms with Gasteiger partial charge in [-0.15, -0.1) is 6.58 Å². The highest BCUT2D eigenvalue weighted by Gasteiger charge is 2.42. The highest BCUT2D eigenvalue weighted by molar-refractivity contribution is 5.92. The van der Waals surface area contributed by atoms with Gasteiger partial charge in [-0.25, -0.2) is 0 Å². The number of carbonyl (C=O) groups excluding carboxylic acids is 2. The van der Waals surface area contributed by atoms with E-state index in [0.29, 0.717) is 44.6 Å². The maximum Gasteiger partial charge on any atom is 0.272 e.